The van der Waals surface area contributed by atoms with Crippen LogP contribution in [-0.2, 0) is 14.6 Å². The van der Waals surface area contributed by atoms with Crippen LogP contribution in [0.25, 0.3) is 16.8 Å². The predicted molar refractivity (Wildman–Crippen MR) is 111 cm³/mol. The molecule has 0 aliphatic carbocycles. The molecule has 0 amide bonds. The van der Waals surface area contributed by atoms with Gasteiger partial charge < -0.3 is 10.8 Å². The average Bonchev–Trinajstić information content (AvgIpc) is 3.44. The Labute approximate surface area is 178 Å². The number of nitrogens with one attached hydrogen (secondary N) is 1. The van der Waals surface area contributed by atoms with Crippen LogP contribution in [0.15, 0.2) is 23.5 Å². The third kappa shape index (κ3) is 3.13. The van der Waals surface area contributed by atoms with Crippen LogP contribution < -0.4 is 5.73 Å². The van der Waals surface area contributed by atoms with Crippen LogP contribution in [-0.4, -0.2) is 74.1 Å². The van der Waals surface area contributed by atoms with E-state index >= 15 is 0 Å². The second kappa shape index (κ2) is 7.11. The van der Waals surface area contributed by atoms with Crippen molar-refractivity contribution in [2.24, 2.45) is 0 Å². The molecule has 0 aromatic carbocycles. The second-order valence-electron chi connectivity index (χ2n) is 8.31. The number of aldehydes is 1. The topological polar surface area (TPSA) is 160 Å². The van der Waals surface area contributed by atoms with Crippen LogP contribution >= 0.6 is 0 Å². The number of carbonyl (C=O) groups excluding carboxylic acids is 1. The minimum atomic E-state index is -3.68. The van der Waals surface area contributed by atoms with E-state index in [4.69, 9.17) is 10.7 Å². The maximum absolute atomic E-state index is 12.7. The standard InChI is InChI=1S/C19H23N7O4S/c1-31(29,30)17-16(10-4-12-2-3-13(5-10)25(12)15(28)9-27)24-19-14(11-6-21-22-7-11)8-23-26(19)18(17)20/h6-10,12-13,15,28H,2-5,20H2,1H3,(H,21,22)/t10?,12-,13+,15?. The van der Waals surface area contributed by atoms with Crippen molar-refractivity contribution in [2.75, 3.05) is 12.0 Å². The molecule has 2 aliphatic heterocycles. The van der Waals surface area contributed by atoms with E-state index < -0.39 is 16.1 Å². The lowest BCUT2D eigenvalue weighted by Gasteiger charge is -2.40. The van der Waals surface area contributed by atoms with Crippen molar-refractivity contribution in [3.63, 3.8) is 0 Å². The number of rotatable bonds is 5. The van der Waals surface area contributed by atoms with Crippen LogP contribution in [0.5, 0.6) is 0 Å². The number of fused-ring (bicyclic) bond motifs is 3. The quantitative estimate of drug-likeness (QED) is 0.470. The Morgan fingerprint density at radius 1 is 1.29 bits per heavy atom. The summed E-state index contributed by atoms with van der Waals surface area (Å²) in [6.07, 6.45) is 8.30. The zero-order valence-corrected chi connectivity index (χ0v) is 17.7. The first-order chi connectivity index (χ1) is 14.8. The molecule has 2 aliphatic rings. The molecule has 2 unspecified atom stereocenters. The molecule has 3 aromatic heterocycles. The summed E-state index contributed by atoms with van der Waals surface area (Å²) < 4.78 is 26.8. The number of aliphatic hydroxyl groups is 1. The Balaban J connectivity index is 1.66. The molecule has 2 fully saturated rings. The smallest absolute Gasteiger partial charge is 0.180 e. The number of nitrogens with zero attached hydrogens (tertiary/aromatic N) is 5. The van der Waals surface area contributed by atoms with Crippen molar-refractivity contribution in [1.29, 1.82) is 0 Å². The number of nitrogens with two attached hydrogens (primary N) is 1. The fraction of sp³-hybridized carbons (Fsp3) is 0.474. The largest absolute Gasteiger partial charge is 0.382 e. The number of aromatic nitrogens is 5. The molecule has 5 heterocycles. The SMILES string of the molecule is CS(=O)(=O)c1c(C2C[C@H]3CC[C@@H](C2)N3C(O)C=O)nc2c(-c3cn[nH]c3)cnn2c1N. The number of H-pyrrole nitrogens is 1. The third-order valence-corrected chi connectivity index (χ3v) is 7.61. The molecule has 2 bridgehead atoms. The lowest BCUT2D eigenvalue weighted by Crippen LogP contribution is -2.49. The Bertz CT molecular complexity index is 1240. The van der Waals surface area contributed by atoms with Crippen LogP contribution in [0.4, 0.5) is 5.82 Å². The number of hydrogen-bond acceptors (Lipinski definition) is 9. The number of hydrogen-bond donors (Lipinski definition) is 3. The molecule has 4 atom stereocenters. The number of anilines is 1. The van der Waals surface area contributed by atoms with Gasteiger partial charge in [0, 0.05) is 41.6 Å². The molecular formula is C19H23N7O4S. The van der Waals surface area contributed by atoms with Crippen molar-refractivity contribution >= 4 is 27.6 Å². The fourth-order valence-electron chi connectivity index (χ4n) is 5.22. The van der Waals surface area contributed by atoms with E-state index in [9.17, 15) is 18.3 Å². The number of sulfone groups is 1. The zero-order chi connectivity index (χ0) is 21.9. The molecule has 0 radical (unpaired) electrons. The summed E-state index contributed by atoms with van der Waals surface area (Å²) >= 11 is 0. The summed E-state index contributed by atoms with van der Waals surface area (Å²) in [6.45, 7) is 0. The van der Waals surface area contributed by atoms with E-state index in [-0.39, 0.29) is 28.7 Å². The molecule has 3 aromatic rings. The summed E-state index contributed by atoms with van der Waals surface area (Å²) in [5, 5.41) is 21.1. The summed E-state index contributed by atoms with van der Waals surface area (Å²) in [6, 6.07) is -0.0391. The van der Waals surface area contributed by atoms with Gasteiger partial charge in [0.1, 0.15) is 10.7 Å². The van der Waals surface area contributed by atoms with Crippen LogP contribution in [0.2, 0.25) is 0 Å². The van der Waals surface area contributed by atoms with Gasteiger partial charge in [-0.15, -0.1) is 0 Å². The van der Waals surface area contributed by atoms with Gasteiger partial charge in [-0.25, -0.2) is 13.4 Å². The van der Waals surface area contributed by atoms with E-state index in [0.717, 1.165) is 24.7 Å². The summed E-state index contributed by atoms with van der Waals surface area (Å²) in [5.74, 6) is -0.142. The second-order valence-corrected chi connectivity index (χ2v) is 10.3. The first-order valence-electron chi connectivity index (χ1n) is 10.1. The van der Waals surface area contributed by atoms with E-state index in [2.05, 4.69) is 15.3 Å². The van der Waals surface area contributed by atoms with Crippen molar-refractivity contribution in [1.82, 2.24) is 29.7 Å². The summed E-state index contributed by atoms with van der Waals surface area (Å²) in [4.78, 5) is 17.8. The molecule has 31 heavy (non-hydrogen) atoms. The molecule has 5 rings (SSSR count). The monoisotopic (exact) mass is 445 g/mol. The van der Waals surface area contributed by atoms with Gasteiger partial charge in [0.15, 0.2) is 28.0 Å². The lowest BCUT2D eigenvalue weighted by atomic mass is 9.87. The van der Waals surface area contributed by atoms with Gasteiger partial charge in [0.05, 0.1) is 18.1 Å². The van der Waals surface area contributed by atoms with Crippen molar-refractivity contribution in [3.05, 3.63) is 24.3 Å². The van der Waals surface area contributed by atoms with E-state index in [1.807, 2.05) is 4.90 Å². The molecule has 0 spiro atoms. The van der Waals surface area contributed by atoms with Crippen molar-refractivity contribution < 1.29 is 18.3 Å². The first kappa shape index (κ1) is 20.1. The Morgan fingerprint density at radius 3 is 2.58 bits per heavy atom. The summed E-state index contributed by atoms with van der Waals surface area (Å²) in [7, 11) is -3.68. The minimum absolute atomic E-state index is 0.00405. The molecule has 11 nitrogen and oxygen atoms in total. The van der Waals surface area contributed by atoms with Gasteiger partial charge >= 0.3 is 0 Å². The Kier molecular flexibility index (Phi) is 4.61. The normalized spacial score (nSPS) is 25.2. The summed E-state index contributed by atoms with van der Waals surface area (Å²) in [5.41, 5.74) is 8.67. The lowest BCUT2D eigenvalue weighted by molar-refractivity contribution is -0.129. The molecule has 0 saturated carbocycles. The number of carbonyl (C=O) groups is 1. The van der Waals surface area contributed by atoms with Crippen LogP contribution in [0.3, 0.4) is 0 Å². The maximum Gasteiger partial charge on any atom is 0.180 e. The highest BCUT2D eigenvalue weighted by atomic mass is 32.2. The van der Waals surface area contributed by atoms with Crippen LogP contribution in [0, 0.1) is 0 Å². The van der Waals surface area contributed by atoms with Gasteiger partial charge in [0.25, 0.3) is 0 Å². The number of aliphatic hydroxyl groups excluding tert-OH is 1. The molecule has 2 saturated heterocycles. The van der Waals surface area contributed by atoms with E-state index in [1.165, 1.54) is 4.52 Å². The highest BCUT2D eigenvalue weighted by Crippen LogP contribution is 2.45. The first-order valence-corrected chi connectivity index (χ1v) is 12.0. The van der Waals surface area contributed by atoms with Gasteiger partial charge in [-0.2, -0.15) is 14.7 Å². The van der Waals surface area contributed by atoms with E-state index in [0.29, 0.717) is 36.0 Å². The molecule has 12 heteroatoms. The molecule has 164 valence electrons. The fourth-order valence-corrected chi connectivity index (χ4v) is 6.27. The zero-order valence-electron chi connectivity index (χ0n) is 16.8. The van der Waals surface area contributed by atoms with Crippen LogP contribution in [0.1, 0.15) is 37.3 Å². The van der Waals surface area contributed by atoms with E-state index in [1.54, 1.807) is 18.6 Å². The molecular weight excluding hydrogens is 422 g/mol. The predicted octanol–water partition coefficient (Wildman–Crippen LogP) is 0.333. The Hall–Kier alpha value is -2.83. The molecule has 4 N–H and O–H groups in total. The highest BCUT2D eigenvalue weighted by molar-refractivity contribution is 7.91. The number of piperidine rings is 1. The number of nitrogen functional groups attached to an aromatic ring is 1. The minimum Gasteiger partial charge on any atom is -0.382 e. The Morgan fingerprint density at radius 2 is 2.00 bits per heavy atom. The van der Waals surface area contributed by atoms with Crippen molar-refractivity contribution in [3.8, 4) is 11.1 Å². The van der Waals surface area contributed by atoms with Gasteiger partial charge in [-0.3, -0.25) is 14.8 Å². The third-order valence-electron chi connectivity index (χ3n) is 6.45. The van der Waals surface area contributed by atoms with Gasteiger partial charge in [0.2, 0.25) is 0 Å². The number of aromatic amines is 1. The van der Waals surface area contributed by atoms with Gasteiger partial charge in [-0.05, 0) is 25.7 Å². The maximum atomic E-state index is 12.7. The highest BCUT2D eigenvalue weighted by Gasteiger charge is 2.45. The van der Waals surface area contributed by atoms with Gasteiger partial charge in [-0.1, -0.05) is 0 Å². The van der Waals surface area contributed by atoms with Crippen molar-refractivity contribution in [2.45, 2.75) is 54.8 Å². The average molecular weight is 446 g/mol.